The molecule has 0 aliphatic carbocycles. The van der Waals surface area contributed by atoms with Crippen LogP contribution in [0.1, 0.15) is 35.4 Å². The second-order valence-electron chi connectivity index (χ2n) is 5.06. The third-order valence-electron chi connectivity index (χ3n) is 3.27. The quantitative estimate of drug-likeness (QED) is 0.852. The smallest absolute Gasteiger partial charge is 0.338 e. The fourth-order valence-electron chi connectivity index (χ4n) is 2.00. The summed E-state index contributed by atoms with van der Waals surface area (Å²) in [5, 5.41) is 11.0. The Labute approximate surface area is 138 Å². The summed E-state index contributed by atoms with van der Waals surface area (Å²) in [7, 11) is 0. The minimum atomic E-state index is -0.526. The lowest BCUT2D eigenvalue weighted by Crippen LogP contribution is -2.11. The summed E-state index contributed by atoms with van der Waals surface area (Å²) < 4.78 is 18.2. The van der Waals surface area contributed by atoms with Gasteiger partial charge in [-0.25, -0.2) is 9.18 Å². The largest absolute Gasteiger partial charge is 0.454 e. The average Bonchev–Trinajstić information content (AvgIpc) is 2.56. The van der Waals surface area contributed by atoms with Gasteiger partial charge < -0.3 is 10.1 Å². The summed E-state index contributed by atoms with van der Waals surface area (Å²) in [6.07, 6.45) is -0.757. The molecular weight excluding hydrogens is 311 g/mol. The van der Waals surface area contributed by atoms with Crippen molar-refractivity contribution in [1.29, 1.82) is 5.26 Å². The highest BCUT2D eigenvalue weighted by Gasteiger charge is 2.14. The molecule has 2 aromatic carbocycles. The Morgan fingerprint density at radius 3 is 2.38 bits per heavy atom. The molecule has 0 radical (unpaired) electrons. The van der Waals surface area contributed by atoms with E-state index < -0.39 is 18.0 Å². The molecule has 1 atom stereocenters. The van der Waals surface area contributed by atoms with Crippen molar-refractivity contribution in [3.05, 3.63) is 65.5 Å². The van der Waals surface area contributed by atoms with Crippen LogP contribution in [0.15, 0.2) is 48.5 Å². The van der Waals surface area contributed by atoms with Crippen LogP contribution in [-0.4, -0.2) is 11.9 Å². The van der Waals surface area contributed by atoms with Crippen LogP contribution in [0.25, 0.3) is 0 Å². The predicted molar refractivity (Wildman–Crippen MR) is 85.5 cm³/mol. The minimum Gasteiger partial charge on any atom is -0.454 e. The van der Waals surface area contributed by atoms with Crippen molar-refractivity contribution in [1.82, 2.24) is 0 Å². The van der Waals surface area contributed by atoms with Crippen molar-refractivity contribution < 1.29 is 18.7 Å². The van der Waals surface area contributed by atoms with Crippen LogP contribution in [0, 0.1) is 17.1 Å². The van der Waals surface area contributed by atoms with Crippen LogP contribution < -0.4 is 5.32 Å². The van der Waals surface area contributed by atoms with Crippen LogP contribution in [0.3, 0.4) is 0 Å². The first-order valence-electron chi connectivity index (χ1n) is 7.23. The van der Waals surface area contributed by atoms with E-state index in [1.54, 1.807) is 37.3 Å². The zero-order valence-electron chi connectivity index (χ0n) is 13.0. The lowest BCUT2D eigenvalue weighted by atomic mass is 10.1. The Kier molecular flexibility index (Phi) is 5.63. The maximum absolute atomic E-state index is 12.9. The summed E-state index contributed by atoms with van der Waals surface area (Å²) in [5.74, 6) is -1.30. The van der Waals surface area contributed by atoms with Crippen molar-refractivity contribution in [3.63, 3.8) is 0 Å². The van der Waals surface area contributed by atoms with Crippen LogP contribution in [0.5, 0.6) is 0 Å². The minimum absolute atomic E-state index is 0.237. The average molecular weight is 326 g/mol. The Hall–Kier alpha value is -3.20. The molecule has 0 bridgehead atoms. The van der Waals surface area contributed by atoms with Gasteiger partial charge in [-0.15, -0.1) is 0 Å². The fraction of sp³-hybridized carbons (Fsp3) is 0.167. The van der Waals surface area contributed by atoms with E-state index in [1.807, 2.05) is 0 Å². The van der Waals surface area contributed by atoms with E-state index in [0.29, 0.717) is 16.8 Å². The molecular formula is C18H15FN2O3. The third-order valence-corrected chi connectivity index (χ3v) is 3.27. The molecule has 122 valence electrons. The van der Waals surface area contributed by atoms with Crippen molar-refractivity contribution >= 4 is 17.6 Å². The van der Waals surface area contributed by atoms with Gasteiger partial charge >= 0.3 is 5.97 Å². The molecule has 0 fully saturated rings. The topological polar surface area (TPSA) is 79.2 Å². The molecule has 0 saturated carbocycles. The zero-order chi connectivity index (χ0) is 17.5. The molecule has 2 aromatic rings. The number of nitrogens with zero attached hydrogens (tertiary/aromatic N) is 1. The monoisotopic (exact) mass is 326 g/mol. The number of carbonyl (C=O) groups excluding carboxylic acids is 2. The molecule has 0 saturated heterocycles. The van der Waals surface area contributed by atoms with Gasteiger partial charge in [0.2, 0.25) is 5.91 Å². The third kappa shape index (κ3) is 4.65. The van der Waals surface area contributed by atoms with Gasteiger partial charge in [-0.3, -0.25) is 4.79 Å². The molecule has 0 spiro atoms. The fourth-order valence-corrected chi connectivity index (χ4v) is 2.00. The van der Waals surface area contributed by atoms with Crippen LogP contribution >= 0.6 is 0 Å². The van der Waals surface area contributed by atoms with Gasteiger partial charge in [-0.1, -0.05) is 12.1 Å². The first kappa shape index (κ1) is 17.2. The molecule has 2 rings (SSSR count). The van der Waals surface area contributed by atoms with E-state index in [-0.39, 0.29) is 12.2 Å². The Morgan fingerprint density at radius 2 is 1.79 bits per heavy atom. The Balaban J connectivity index is 1.98. The molecule has 5 nitrogen and oxygen atoms in total. The number of carbonyl (C=O) groups is 2. The molecule has 0 aliphatic rings. The molecule has 1 amide bonds. The molecule has 24 heavy (non-hydrogen) atoms. The number of nitrogens with one attached hydrogen (secondary N) is 1. The number of halogens is 1. The van der Waals surface area contributed by atoms with E-state index in [0.717, 1.165) is 0 Å². The van der Waals surface area contributed by atoms with Crippen molar-refractivity contribution in [2.75, 3.05) is 5.32 Å². The summed E-state index contributed by atoms with van der Waals surface area (Å²) in [5.41, 5.74) is 1.49. The SMILES string of the molecule is CC(OC(=O)c1ccc(NC(=O)CC#N)cc1)c1ccc(F)cc1. The number of anilines is 1. The highest BCUT2D eigenvalue weighted by atomic mass is 19.1. The summed E-state index contributed by atoms with van der Waals surface area (Å²) >= 11 is 0. The number of hydrogen-bond donors (Lipinski definition) is 1. The zero-order valence-corrected chi connectivity index (χ0v) is 13.0. The van der Waals surface area contributed by atoms with Crippen molar-refractivity contribution in [2.24, 2.45) is 0 Å². The van der Waals surface area contributed by atoms with Gasteiger partial charge in [0.1, 0.15) is 18.3 Å². The van der Waals surface area contributed by atoms with Gasteiger partial charge in [-0.2, -0.15) is 5.26 Å². The van der Waals surface area contributed by atoms with Crippen molar-refractivity contribution in [2.45, 2.75) is 19.4 Å². The Bertz CT molecular complexity index is 764. The van der Waals surface area contributed by atoms with Gasteiger partial charge in [0.15, 0.2) is 0 Å². The molecule has 0 aromatic heterocycles. The van der Waals surface area contributed by atoms with E-state index in [2.05, 4.69) is 5.32 Å². The van der Waals surface area contributed by atoms with Crippen LogP contribution in [0.4, 0.5) is 10.1 Å². The lowest BCUT2D eigenvalue weighted by molar-refractivity contribution is -0.115. The second kappa shape index (κ2) is 7.88. The molecule has 0 aliphatic heterocycles. The first-order chi connectivity index (χ1) is 11.5. The Morgan fingerprint density at radius 1 is 1.17 bits per heavy atom. The normalized spacial score (nSPS) is 11.2. The number of hydrogen-bond acceptors (Lipinski definition) is 4. The summed E-state index contributed by atoms with van der Waals surface area (Å²) in [6.45, 7) is 1.70. The van der Waals surface area contributed by atoms with E-state index in [4.69, 9.17) is 10.00 Å². The van der Waals surface area contributed by atoms with Crippen LogP contribution in [0.2, 0.25) is 0 Å². The first-order valence-corrected chi connectivity index (χ1v) is 7.23. The van der Waals surface area contributed by atoms with Gasteiger partial charge in [0.25, 0.3) is 0 Å². The van der Waals surface area contributed by atoms with E-state index >= 15 is 0 Å². The number of nitriles is 1. The predicted octanol–water partition coefficient (Wildman–Crippen LogP) is 3.60. The highest BCUT2D eigenvalue weighted by molar-refractivity contribution is 5.93. The van der Waals surface area contributed by atoms with Crippen LogP contribution in [-0.2, 0) is 9.53 Å². The molecule has 1 unspecified atom stereocenters. The van der Waals surface area contributed by atoms with Gasteiger partial charge in [-0.05, 0) is 48.9 Å². The number of esters is 1. The highest BCUT2D eigenvalue weighted by Crippen LogP contribution is 2.19. The summed E-state index contributed by atoms with van der Waals surface area (Å²) in [4.78, 5) is 23.4. The molecule has 6 heteroatoms. The van der Waals surface area contributed by atoms with Gasteiger partial charge in [0.05, 0.1) is 11.6 Å². The molecule has 0 heterocycles. The van der Waals surface area contributed by atoms with E-state index in [1.165, 1.54) is 24.3 Å². The van der Waals surface area contributed by atoms with E-state index in [9.17, 15) is 14.0 Å². The lowest BCUT2D eigenvalue weighted by Gasteiger charge is -2.14. The number of rotatable bonds is 5. The maximum atomic E-state index is 12.9. The maximum Gasteiger partial charge on any atom is 0.338 e. The molecule has 1 N–H and O–H groups in total. The van der Waals surface area contributed by atoms with Gasteiger partial charge in [0, 0.05) is 5.69 Å². The number of ether oxygens (including phenoxy) is 1. The summed E-state index contributed by atoms with van der Waals surface area (Å²) in [6, 6.07) is 13.6. The number of amides is 1. The van der Waals surface area contributed by atoms with Crippen molar-refractivity contribution in [3.8, 4) is 6.07 Å². The second-order valence-corrected chi connectivity index (χ2v) is 5.06. The standard InChI is InChI=1S/C18H15FN2O3/c1-12(13-2-6-15(19)7-3-13)24-18(23)14-4-8-16(9-5-14)21-17(22)10-11-20/h2-9,12H,10H2,1H3,(H,21,22). The number of benzene rings is 2.